The monoisotopic (exact) mass is 154 g/mol. The molecule has 2 heteroatoms. The van der Waals surface area contributed by atoms with Gasteiger partial charge in [0.05, 0.1) is 0 Å². The van der Waals surface area contributed by atoms with Gasteiger partial charge in [0.25, 0.3) is 0 Å². The van der Waals surface area contributed by atoms with E-state index in [-0.39, 0.29) is 0 Å². The molecule has 0 amide bonds. The highest BCUT2D eigenvalue weighted by atomic mass is 15.2. The molecule has 1 unspecified atom stereocenters. The SMILES string of the molecule is CCN1CCCC1/C=C\CN. The third kappa shape index (κ3) is 2.31. The maximum Gasteiger partial charge on any atom is 0.0279 e. The molecule has 1 aliphatic rings. The fraction of sp³-hybridized carbons (Fsp3) is 0.778. The predicted octanol–water partition coefficient (Wildman–Crippen LogP) is 0.986. The number of likely N-dealkylation sites (tertiary alicyclic amines) is 1. The molecule has 0 saturated carbocycles. The fourth-order valence-corrected chi connectivity index (χ4v) is 1.70. The van der Waals surface area contributed by atoms with Crippen LogP contribution in [0.15, 0.2) is 12.2 Å². The highest BCUT2D eigenvalue weighted by molar-refractivity contribution is 4.97. The number of nitrogens with two attached hydrogens (primary N) is 1. The predicted molar refractivity (Wildman–Crippen MR) is 48.5 cm³/mol. The van der Waals surface area contributed by atoms with Gasteiger partial charge < -0.3 is 5.73 Å². The van der Waals surface area contributed by atoms with Gasteiger partial charge in [-0.25, -0.2) is 0 Å². The smallest absolute Gasteiger partial charge is 0.0279 e. The van der Waals surface area contributed by atoms with Crippen molar-refractivity contribution in [1.82, 2.24) is 4.90 Å². The maximum atomic E-state index is 5.39. The van der Waals surface area contributed by atoms with E-state index >= 15 is 0 Å². The molecule has 1 saturated heterocycles. The van der Waals surface area contributed by atoms with Crippen molar-refractivity contribution in [3.8, 4) is 0 Å². The van der Waals surface area contributed by atoms with Crippen molar-refractivity contribution in [1.29, 1.82) is 0 Å². The summed E-state index contributed by atoms with van der Waals surface area (Å²) in [6, 6.07) is 0.670. The summed E-state index contributed by atoms with van der Waals surface area (Å²) in [6.45, 7) is 5.32. The van der Waals surface area contributed by atoms with Gasteiger partial charge in [0.15, 0.2) is 0 Å². The van der Waals surface area contributed by atoms with Crippen LogP contribution in [0.5, 0.6) is 0 Å². The summed E-state index contributed by atoms with van der Waals surface area (Å²) in [7, 11) is 0. The molecular formula is C9H18N2. The van der Waals surface area contributed by atoms with Gasteiger partial charge in [0, 0.05) is 12.6 Å². The molecule has 0 spiro atoms. The van der Waals surface area contributed by atoms with Crippen LogP contribution in [0.3, 0.4) is 0 Å². The summed E-state index contributed by atoms with van der Waals surface area (Å²) in [5, 5.41) is 0. The summed E-state index contributed by atoms with van der Waals surface area (Å²) in [6.07, 6.45) is 6.97. The lowest BCUT2D eigenvalue weighted by molar-refractivity contribution is 0.306. The zero-order valence-electron chi connectivity index (χ0n) is 7.29. The van der Waals surface area contributed by atoms with Crippen LogP contribution < -0.4 is 5.73 Å². The van der Waals surface area contributed by atoms with Crippen LogP contribution >= 0.6 is 0 Å². The average molecular weight is 154 g/mol. The van der Waals surface area contributed by atoms with E-state index < -0.39 is 0 Å². The Morgan fingerprint density at radius 1 is 1.64 bits per heavy atom. The largest absolute Gasteiger partial charge is 0.327 e. The van der Waals surface area contributed by atoms with E-state index in [1.807, 2.05) is 0 Å². The summed E-state index contributed by atoms with van der Waals surface area (Å²) in [5.41, 5.74) is 5.39. The molecule has 64 valence electrons. The van der Waals surface area contributed by atoms with E-state index in [0.29, 0.717) is 12.6 Å². The second-order valence-corrected chi connectivity index (χ2v) is 3.00. The van der Waals surface area contributed by atoms with E-state index in [2.05, 4.69) is 24.0 Å². The molecule has 1 rings (SSSR count). The van der Waals surface area contributed by atoms with Gasteiger partial charge in [-0.3, -0.25) is 4.90 Å². The van der Waals surface area contributed by atoms with Gasteiger partial charge in [-0.2, -0.15) is 0 Å². The Kier molecular flexibility index (Phi) is 3.60. The minimum absolute atomic E-state index is 0.670. The molecule has 11 heavy (non-hydrogen) atoms. The zero-order valence-corrected chi connectivity index (χ0v) is 7.29. The van der Waals surface area contributed by atoms with E-state index in [1.54, 1.807) is 0 Å². The Bertz CT molecular complexity index is 132. The van der Waals surface area contributed by atoms with Crippen LogP contribution in [0.25, 0.3) is 0 Å². The number of hydrogen-bond donors (Lipinski definition) is 1. The Hall–Kier alpha value is -0.340. The van der Waals surface area contributed by atoms with Crippen molar-refractivity contribution in [3.05, 3.63) is 12.2 Å². The first-order valence-electron chi connectivity index (χ1n) is 4.49. The highest BCUT2D eigenvalue weighted by Gasteiger charge is 2.19. The van der Waals surface area contributed by atoms with Crippen LogP contribution in [0.1, 0.15) is 19.8 Å². The first-order chi connectivity index (χ1) is 5.38. The van der Waals surface area contributed by atoms with Crippen molar-refractivity contribution in [2.75, 3.05) is 19.6 Å². The molecule has 1 fully saturated rings. The van der Waals surface area contributed by atoms with E-state index in [1.165, 1.54) is 25.9 Å². The highest BCUT2D eigenvalue weighted by Crippen LogP contribution is 2.16. The van der Waals surface area contributed by atoms with E-state index in [4.69, 9.17) is 5.73 Å². The van der Waals surface area contributed by atoms with Crippen molar-refractivity contribution in [3.63, 3.8) is 0 Å². The van der Waals surface area contributed by atoms with Gasteiger partial charge in [-0.15, -0.1) is 0 Å². The Labute approximate surface area is 69.1 Å². The lowest BCUT2D eigenvalue weighted by atomic mass is 10.2. The summed E-state index contributed by atoms with van der Waals surface area (Å²) < 4.78 is 0. The topological polar surface area (TPSA) is 29.3 Å². The molecule has 1 aliphatic heterocycles. The summed E-state index contributed by atoms with van der Waals surface area (Å²) in [5.74, 6) is 0. The Morgan fingerprint density at radius 3 is 3.09 bits per heavy atom. The second kappa shape index (κ2) is 4.52. The molecule has 0 aromatic rings. The normalized spacial score (nSPS) is 26.9. The maximum absolute atomic E-state index is 5.39. The lowest BCUT2D eigenvalue weighted by Gasteiger charge is -2.18. The third-order valence-corrected chi connectivity index (χ3v) is 2.31. The molecular weight excluding hydrogens is 136 g/mol. The minimum atomic E-state index is 0.670. The van der Waals surface area contributed by atoms with Crippen molar-refractivity contribution in [2.24, 2.45) is 5.73 Å². The quantitative estimate of drug-likeness (QED) is 0.614. The van der Waals surface area contributed by atoms with Crippen LogP contribution in [0, 0.1) is 0 Å². The molecule has 0 radical (unpaired) electrons. The van der Waals surface area contributed by atoms with Gasteiger partial charge in [-0.1, -0.05) is 19.1 Å². The van der Waals surface area contributed by atoms with Gasteiger partial charge in [-0.05, 0) is 25.9 Å². The molecule has 0 aromatic heterocycles. The molecule has 2 nitrogen and oxygen atoms in total. The first-order valence-corrected chi connectivity index (χ1v) is 4.49. The van der Waals surface area contributed by atoms with Gasteiger partial charge >= 0.3 is 0 Å². The van der Waals surface area contributed by atoms with Gasteiger partial charge in [0.2, 0.25) is 0 Å². The number of hydrogen-bond acceptors (Lipinski definition) is 2. The standard InChI is InChI=1S/C9H18N2/c1-2-11-8-4-6-9(11)5-3-7-10/h3,5,9H,2,4,6-8,10H2,1H3/b5-3-. The molecule has 1 atom stereocenters. The fourth-order valence-electron chi connectivity index (χ4n) is 1.70. The van der Waals surface area contributed by atoms with Crippen molar-refractivity contribution in [2.45, 2.75) is 25.8 Å². The third-order valence-electron chi connectivity index (χ3n) is 2.31. The van der Waals surface area contributed by atoms with Gasteiger partial charge in [0.1, 0.15) is 0 Å². The van der Waals surface area contributed by atoms with E-state index in [9.17, 15) is 0 Å². The summed E-state index contributed by atoms with van der Waals surface area (Å²) in [4.78, 5) is 2.49. The summed E-state index contributed by atoms with van der Waals surface area (Å²) >= 11 is 0. The van der Waals surface area contributed by atoms with Crippen LogP contribution in [0.2, 0.25) is 0 Å². The molecule has 2 N–H and O–H groups in total. The Morgan fingerprint density at radius 2 is 2.45 bits per heavy atom. The zero-order chi connectivity index (χ0) is 8.10. The van der Waals surface area contributed by atoms with Crippen LogP contribution in [-0.4, -0.2) is 30.6 Å². The molecule has 0 bridgehead atoms. The molecule has 0 aromatic carbocycles. The minimum Gasteiger partial charge on any atom is -0.327 e. The first kappa shape index (κ1) is 8.75. The van der Waals surface area contributed by atoms with Crippen molar-refractivity contribution < 1.29 is 0 Å². The van der Waals surface area contributed by atoms with Crippen LogP contribution in [0.4, 0.5) is 0 Å². The molecule has 1 heterocycles. The van der Waals surface area contributed by atoms with E-state index in [0.717, 1.165) is 0 Å². The Balaban J connectivity index is 2.37. The number of likely N-dealkylation sites (N-methyl/N-ethyl adjacent to an activating group) is 1. The van der Waals surface area contributed by atoms with Crippen LogP contribution in [-0.2, 0) is 0 Å². The second-order valence-electron chi connectivity index (χ2n) is 3.00. The number of rotatable bonds is 3. The lowest BCUT2D eigenvalue weighted by Crippen LogP contribution is -2.27. The van der Waals surface area contributed by atoms with Crippen molar-refractivity contribution >= 4 is 0 Å². The average Bonchev–Trinajstić information content (AvgIpc) is 2.47. The molecule has 0 aliphatic carbocycles. The number of nitrogens with zero attached hydrogens (tertiary/aromatic N) is 1.